The number of carbonyl (C=O) groups excluding carboxylic acids is 1. The monoisotopic (exact) mass is 96.1 g/mol. The van der Waals surface area contributed by atoms with Crippen molar-refractivity contribution in [1.29, 1.82) is 0 Å². The van der Waals surface area contributed by atoms with Gasteiger partial charge in [0.25, 0.3) is 0 Å². The van der Waals surface area contributed by atoms with E-state index >= 15 is 0 Å². The van der Waals surface area contributed by atoms with Crippen LogP contribution in [0.15, 0.2) is 0 Å². The van der Waals surface area contributed by atoms with Gasteiger partial charge in [-0.2, -0.15) is 0 Å². The minimum atomic E-state index is 0.516. The standard InChI is InChI=1S/C6H8O/c7-6-3-5(6)4-1-2-4/h4-5H,1-3H2. The van der Waals surface area contributed by atoms with Crippen molar-refractivity contribution in [3.63, 3.8) is 0 Å². The molecule has 1 atom stereocenters. The second kappa shape index (κ2) is 0.908. The number of rotatable bonds is 1. The Balaban J connectivity index is 1.99. The Bertz CT molecular complexity index is 113. The van der Waals surface area contributed by atoms with E-state index in [1.807, 2.05) is 0 Å². The summed E-state index contributed by atoms with van der Waals surface area (Å²) in [7, 11) is 0. The van der Waals surface area contributed by atoms with Gasteiger partial charge in [-0.1, -0.05) is 0 Å². The Morgan fingerprint density at radius 1 is 1.43 bits per heavy atom. The summed E-state index contributed by atoms with van der Waals surface area (Å²) in [5.41, 5.74) is 0. The first kappa shape index (κ1) is 3.65. The van der Waals surface area contributed by atoms with Gasteiger partial charge in [0, 0.05) is 12.3 Å². The molecule has 7 heavy (non-hydrogen) atoms. The SMILES string of the molecule is O=C1CC1C1CC1. The van der Waals surface area contributed by atoms with E-state index in [4.69, 9.17) is 0 Å². The zero-order valence-electron chi connectivity index (χ0n) is 4.18. The molecule has 0 radical (unpaired) electrons. The van der Waals surface area contributed by atoms with Gasteiger partial charge >= 0.3 is 0 Å². The van der Waals surface area contributed by atoms with Gasteiger partial charge in [0.05, 0.1) is 0 Å². The summed E-state index contributed by atoms with van der Waals surface area (Å²) in [5.74, 6) is 1.90. The molecule has 2 fully saturated rings. The lowest BCUT2D eigenvalue weighted by Gasteiger charge is -1.75. The van der Waals surface area contributed by atoms with Crippen molar-refractivity contribution in [3.05, 3.63) is 0 Å². The quantitative estimate of drug-likeness (QED) is 0.475. The van der Waals surface area contributed by atoms with E-state index < -0.39 is 0 Å². The Labute approximate surface area is 42.7 Å². The number of ketones is 1. The van der Waals surface area contributed by atoms with Crippen LogP contribution in [0.1, 0.15) is 19.3 Å². The van der Waals surface area contributed by atoms with Crippen LogP contribution in [0.5, 0.6) is 0 Å². The molecule has 2 saturated carbocycles. The van der Waals surface area contributed by atoms with Crippen molar-refractivity contribution in [1.82, 2.24) is 0 Å². The first-order valence-electron chi connectivity index (χ1n) is 2.90. The van der Waals surface area contributed by atoms with Crippen LogP contribution in [0.2, 0.25) is 0 Å². The lowest BCUT2D eigenvalue weighted by molar-refractivity contribution is -0.111. The van der Waals surface area contributed by atoms with Crippen LogP contribution in [0.3, 0.4) is 0 Å². The third-order valence-corrected chi connectivity index (χ3v) is 1.87. The summed E-state index contributed by atoms with van der Waals surface area (Å²) < 4.78 is 0. The Hall–Kier alpha value is -0.330. The molecule has 0 aliphatic heterocycles. The van der Waals surface area contributed by atoms with Gasteiger partial charge in [-0.25, -0.2) is 0 Å². The molecule has 2 rings (SSSR count). The van der Waals surface area contributed by atoms with E-state index in [-0.39, 0.29) is 0 Å². The third kappa shape index (κ3) is 0.476. The molecular formula is C6H8O. The van der Waals surface area contributed by atoms with Crippen molar-refractivity contribution in [2.75, 3.05) is 0 Å². The molecule has 2 aliphatic carbocycles. The van der Waals surface area contributed by atoms with Crippen LogP contribution in [-0.2, 0) is 4.79 Å². The summed E-state index contributed by atoms with van der Waals surface area (Å²) >= 11 is 0. The summed E-state index contributed by atoms with van der Waals surface area (Å²) in [4.78, 5) is 10.4. The molecule has 0 amide bonds. The molecule has 38 valence electrons. The molecule has 0 heterocycles. The second-order valence-corrected chi connectivity index (χ2v) is 2.61. The molecule has 1 nitrogen and oxygen atoms in total. The Kier molecular flexibility index (Phi) is 0.473. The van der Waals surface area contributed by atoms with Gasteiger partial charge in [-0.05, 0) is 18.8 Å². The minimum Gasteiger partial charge on any atom is -0.299 e. The lowest BCUT2D eigenvalue weighted by atomic mass is 10.3. The summed E-state index contributed by atoms with van der Waals surface area (Å²) in [6, 6.07) is 0. The predicted octanol–water partition coefficient (Wildman–Crippen LogP) is 0.985. The van der Waals surface area contributed by atoms with Gasteiger partial charge in [-0.15, -0.1) is 0 Å². The molecule has 0 spiro atoms. The Morgan fingerprint density at radius 2 is 2.00 bits per heavy atom. The highest BCUT2D eigenvalue weighted by atomic mass is 16.1. The molecule has 1 unspecified atom stereocenters. The predicted molar refractivity (Wildman–Crippen MR) is 25.8 cm³/mol. The number of carbonyl (C=O) groups is 1. The van der Waals surface area contributed by atoms with E-state index in [1.54, 1.807) is 0 Å². The molecule has 1 heteroatoms. The molecule has 0 bridgehead atoms. The average molecular weight is 96.1 g/mol. The van der Waals surface area contributed by atoms with Crippen LogP contribution in [0.25, 0.3) is 0 Å². The number of hydrogen-bond acceptors (Lipinski definition) is 1. The van der Waals surface area contributed by atoms with Gasteiger partial charge in [-0.3, -0.25) is 4.79 Å². The fourth-order valence-corrected chi connectivity index (χ4v) is 1.09. The normalized spacial score (nSPS) is 38.9. The van der Waals surface area contributed by atoms with Gasteiger partial charge in [0.15, 0.2) is 0 Å². The third-order valence-electron chi connectivity index (χ3n) is 1.87. The van der Waals surface area contributed by atoms with Crippen molar-refractivity contribution in [2.45, 2.75) is 19.3 Å². The highest BCUT2D eigenvalue weighted by molar-refractivity contribution is 5.96. The van der Waals surface area contributed by atoms with Crippen LogP contribution in [0.4, 0.5) is 0 Å². The van der Waals surface area contributed by atoms with E-state index in [1.165, 1.54) is 12.8 Å². The van der Waals surface area contributed by atoms with Crippen molar-refractivity contribution in [2.24, 2.45) is 11.8 Å². The molecule has 2 aliphatic rings. The van der Waals surface area contributed by atoms with E-state index in [9.17, 15) is 4.79 Å². The Morgan fingerprint density at radius 3 is 2.14 bits per heavy atom. The topological polar surface area (TPSA) is 17.1 Å². The van der Waals surface area contributed by atoms with Crippen LogP contribution in [0, 0.1) is 11.8 Å². The maximum atomic E-state index is 10.4. The van der Waals surface area contributed by atoms with Crippen LogP contribution in [-0.4, -0.2) is 5.78 Å². The summed E-state index contributed by atoms with van der Waals surface area (Å²) in [5, 5.41) is 0. The maximum absolute atomic E-state index is 10.4. The summed E-state index contributed by atoms with van der Waals surface area (Å²) in [6.07, 6.45) is 3.57. The fraction of sp³-hybridized carbons (Fsp3) is 0.833. The number of Topliss-reactive ketones (excluding diaryl/α,β-unsaturated/α-hetero) is 1. The molecule has 0 aromatic rings. The molecule has 0 N–H and O–H groups in total. The molecule has 0 aromatic heterocycles. The zero-order valence-corrected chi connectivity index (χ0v) is 4.18. The van der Waals surface area contributed by atoms with Crippen LogP contribution >= 0.6 is 0 Å². The largest absolute Gasteiger partial charge is 0.299 e. The van der Waals surface area contributed by atoms with Crippen molar-refractivity contribution >= 4 is 5.78 Å². The smallest absolute Gasteiger partial charge is 0.137 e. The maximum Gasteiger partial charge on any atom is 0.137 e. The zero-order chi connectivity index (χ0) is 4.85. The van der Waals surface area contributed by atoms with E-state index in [0.29, 0.717) is 11.7 Å². The van der Waals surface area contributed by atoms with Crippen molar-refractivity contribution in [3.8, 4) is 0 Å². The lowest BCUT2D eigenvalue weighted by Crippen LogP contribution is -1.78. The highest BCUT2D eigenvalue weighted by Gasteiger charge is 2.46. The molecule has 0 aromatic carbocycles. The van der Waals surface area contributed by atoms with Crippen molar-refractivity contribution < 1.29 is 4.79 Å². The van der Waals surface area contributed by atoms with E-state index in [0.717, 1.165) is 12.3 Å². The van der Waals surface area contributed by atoms with Gasteiger partial charge in [0.1, 0.15) is 5.78 Å². The first-order valence-corrected chi connectivity index (χ1v) is 2.90. The highest BCUT2D eigenvalue weighted by Crippen LogP contribution is 2.46. The molecular weight excluding hydrogens is 88.1 g/mol. The van der Waals surface area contributed by atoms with Crippen LogP contribution < -0.4 is 0 Å². The second-order valence-electron chi connectivity index (χ2n) is 2.61. The fourth-order valence-electron chi connectivity index (χ4n) is 1.09. The number of hydrogen-bond donors (Lipinski definition) is 0. The first-order chi connectivity index (χ1) is 3.38. The van der Waals surface area contributed by atoms with Gasteiger partial charge in [0.2, 0.25) is 0 Å². The van der Waals surface area contributed by atoms with Gasteiger partial charge < -0.3 is 0 Å². The summed E-state index contributed by atoms with van der Waals surface area (Å²) in [6.45, 7) is 0. The molecule has 0 saturated heterocycles. The average Bonchev–Trinajstić information content (AvgIpc) is 2.23. The minimum absolute atomic E-state index is 0.516. The van der Waals surface area contributed by atoms with E-state index in [2.05, 4.69) is 0 Å².